The highest BCUT2D eigenvalue weighted by molar-refractivity contribution is 5.76. The summed E-state index contributed by atoms with van der Waals surface area (Å²) in [5.41, 5.74) is 1.12. The van der Waals surface area contributed by atoms with Crippen LogP contribution >= 0.6 is 0 Å². The van der Waals surface area contributed by atoms with Crippen molar-refractivity contribution in [3.63, 3.8) is 0 Å². The molecule has 0 aliphatic carbocycles. The van der Waals surface area contributed by atoms with Gasteiger partial charge in [-0.1, -0.05) is 6.92 Å². The Balaban J connectivity index is 2.28. The molecule has 0 aromatic carbocycles. The number of hydrogen-bond donors (Lipinski definition) is 1. The average Bonchev–Trinajstić information content (AvgIpc) is 2.61. The number of nitrogens with one attached hydrogen (secondary N) is 1. The third kappa shape index (κ3) is 4.14. The molecular formula is C11H19N3O. The van der Waals surface area contributed by atoms with Crippen molar-refractivity contribution in [2.24, 2.45) is 0 Å². The predicted octanol–water partition coefficient (Wildman–Crippen LogP) is 1.50. The molecule has 15 heavy (non-hydrogen) atoms. The first kappa shape index (κ1) is 11.8. The molecule has 1 atom stereocenters. The number of aromatic nitrogens is 2. The highest BCUT2D eigenvalue weighted by Gasteiger charge is 2.05. The summed E-state index contributed by atoms with van der Waals surface area (Å²) < 4.78 is 1.80. The molecule has 1 amide bonds. The molecule has 4 heteroatoms. The molecule has 1 N–H and O–H groups in total. The molecule has 1 aromatic rings. The van der Waals surface area contributed by atoms with E-state index in [0.29, 0.717) is 13.0 Å². The van der Waals surface area contributed by atoms with Crippen LogP contribution in [0, 0.1) is 6.92 Å². The second-order valence-corrected chi connectivity index (χ2v) is 3.91. The van der Waals surface area contributed by atoms with E-state index in [4.69, 9.17) is 0 Å². The fourth-order valence-electron chi connectivity index (χ4n) is 1.25. The minimum Gasteiger partial charge on any atom is -0.354 e. The van der Waals surface area contributed by atoms with Gasteiger partial charge < -0.3 is 5.32 Å². The Labute approximate surface area is 90.7 Å². The van der Waals surface area contributed by atoms with Crippen molar-refractivity contribution in [1.29, 1.82) is 0 Å². The highest BCUT2D eigenvalue weighted by Crippen LogP contribution is 1.96. The van der Waals surface area contributed by atoms with E-state index in [2.05, 4.69) is 17.3 Å². The molecule has 0 aliphatic heterocycles. The third-order valence-corrected chi connectivity index (χ3v) is 2.35. The fourth-order valence-corrected chi connectivity index (χ4v) is 1.25. The Morgan fingerprint density at radius 1 is 1.67 bits per heavy atom. The molecule has 0 radical (unpaired) electrons. The van der Waals surface area contributed by atoms with Crippen molar-refractivity contribution < 1.29 is 4.79 Å². The molecule has 0 aliphatic rings. The molecule has 84 valence electrons. The standard InChI is InChI=1S/C11H19N3O/c1-4-10(3)13-11(15)5-6-14-8-9(2)7-12-14/h7-8,10H,4-6H2,1-3H3,(H,13,15). The average molecular weight is 209 g/mol. The van der Waals surface area contributed by atoms with E-state index in [1.165, 1.54) is 0 Å². The first-order valence-electron chi connectivity index (χ1n) is 5.40. The van der Waals surface area contributed by atoms with Gasteiger partial charge in [0, 0.05) is 25.2 Å². The first-order valence-corrected chi connectivity index (χ1v) is 5.40. The van der Waals surface area contributed by atoms with E-state index >= 15 is 0 Å². The second-order valence-electron chi connectivity index (χ2n) is 3.91. The number of nitrogens with zero attached hydrogens (tertiary/aromatic N) is 2. The van der Waals surface area contributed by atoms with Crippen LogP contribution in [0.2, 0.25) is 0 Å². The maximum atomic E-state index is 11.4. The summed E-state index contributed by atoms with van der Waals surface area (Å²) in [4.78, 5) is 11.4. The van der Waals surface area contributed by atoms with Gasteiger partial charge in [-0.3, -0.25) is 9.48 Å². The SMILES string of the molecule is CCC(C)NC(=O)CCn1cc(C)cn1. The Hall–Kier alpha value is -1.32. The number of carbonyl (C=O) groups excluding carboxylic acids is 1. The van der Waals surface area contributed by atoms with Gasteiger partial charge in [-0.15, -0.1) is 0 Å². The van der Waals surface area contributed by atoms with Crippen LogP contribution in [0.3, 0.4) is 0 Å². The summed E-state index contributed by atoms with van der Waals surface area (Å²) in [7, 11) is 0. The smallest absolute Gasteiger partial charge is 0.222 e. The minimum atomic E-state index is 0.0949. The van der Waals surface area contributed by atoms with Gasteiger partial charge in [-0.05, 0) is 25.8 Å². The van der Waals surface area contributed by atoms with Crippen LogP contribution in [-0.4, -0.2) is 21.7 Å². The Bertz CT molecular complexity index is 319. The zero-order valence-corrected chi connectivity index (χ0v) is 9.66. The lowest BCUT2D eigenvalue weighted by atomic mass is 10.2. The zero-order chi connectivity index (χ0) is 11.3. The number of carbonyl (C=O) groups is 1. The van der Waals surface area contributed by atoms with E-state index < -0.39 is 0 Å². The summed E-state index contributed by atoms with van der Waals surface area (Å²) in [5.74, 6) is 0.0949. The van der Waals surface area contributed by atoms with Gasteiger partial charge in [0.25, 0.3) is 0 Å². The van der Waals surface area contributed by atoms with Crippen molar-refractivity contribution >= 4 is 5.91 Å². The molecule has 0 bridgehead atoms. The normalized spacial score (nSPS) is 12.5. The summed E-state index contributed by atoms with van der Waals surface area (Å²) in [6.07, 6.45) is 5.20. The van der Waals surface area contributed by atoms with Gasteiger partial charge >= 0.3 is 0 Å². The topological polar surface area (TPSA) is 46.9 Å². The maximum absolute atomic E-state index is 11.4. The summed E-state index contributed by atoms with van der Waals surface area (Å²) in [6.45, 7) is 6.70. The van der Waals surface area contributed by atoms with E-state index in [9.17, 15) is 4.79 Å². The third-order valence-electron chi connectivity index (χ3n) is 2.35. The molecule has 1 unspecified atom stereocenters. The second kappa shape index (κ2) is 5.53. The van der Waals surface area contributed by atoms with Gasteiger partial charge in [0.05, 0.1) is 6.20 Å². The van der Waals surface area contributed by atoms with Crippen molar-refractivity contribution in [3.8, 4) is 0 Å². The summed E-state index contributed by atoms with van der Waals surface area (Å²) >= 11 is 0. The summed E-state index contributed by atoms with van der Waals surface area (Å²) in [5, 5.41) is 7.05. The largest absolute Gasteiger partial charge is 0.354 e. The maximum Gasteiger partial charge on any atom is 0.222 e. The molecule has 0 spiro atoms. The first-order chi connectivity index (χ1) is 7.11. The number of hydrogen-bond acceptors (Lipinski definition) is 2. The molecule has 1 heterocycles. The van der Waals surface area contributed by atoms with Crippen LogP contribution in [0.1, 0.15) is 32.3 Å². The van der Waals surface area contributed by atoms with E-state index in [1.807, 2.05) is 20.0 Å². The highest BCUT2D eigenvalue weighted by atomic mass is 16.1. The quantitative estimate of drug-likeness (QED) is 0.798. The number of aryl methyl sites for hydroxylation is 2. The van der Waals surface area contributed by atoms with Crippen LogP contribution in [-0.2, 0) is 11.3 Å². The number of amides is 1. The summed E-state index contributed by atoms with van der Waals surface area (Å²) in [6, 6.07) is 0.261. The molecule has 4 nitrogen and oxygen atoms in total. The van der Waals surface area contributed by atoms with E-state index in [-0.39, 0.29) is 11.9 Å². The lowest BCUT2D eigenvalue weighted by molar-refractivity contribution is -0.121. The zero-order valence-electron chi connectivity index (χ0n) is 9.66. The number of rotatable bonds is 5. The molecule has 0 saturated heterocycles. The van der Waals surface area contributed by atoms with Gasteiger partial charge in [0.1, 0.15) is 0 Å². The van der Waals surface area contributed by atoms with E-state index in [1.54, 1.807) is 10.9 Å². The van der Waals surface area contributed by atoms with Crippen molar-refractivity contribution in [3.05, 3.63) is 18.0 Å². The van der Waals surface area contributed by atoms with Crippen LogP contribution in [0.4, 0.5) is 0 Å². The molecular weight excluding hydrogens is 190 g/mol. The Morgan fingerprint density at radius 3 is 2.93 bits per heavy atom. The minimum absolute atomic E-state index is 0.0949. The van der Waals surface area contributed by atoms with Crippen LogP contribution in [0.25, 0.3) is 0 Å². The molecule has 1 aromatic heterocycles. The van der Waals surface area contributed by atoms with Crippen LogP contribution in [0.5, 0.6) is 0 Å². The molecule has 0 fully saturated rings. The molecule has 1 rings (SSSR count). The Kier molecular flexibility index (Phi) is 4.34. The lowest BCUT2D eigenvalue weighted by Crippen LogP contribution is -2.32. The Morgan fingerprint density at radius 2 is 2.40 bits per heavy atom. The fraction of sp³-hybridized carbons (Fsp3) is 0.636. The van der Waals surface area contributed by atoms with Gasteiger partial charge in [0.15, 0.2) is 0 Å². The van der Waals surface area contributed by atoms with Gasteiger partial charge in [-0.25, -0.2) is 0 Å². The van der Waals surface area contributed by atoms with E-state index in [0.717, 1.165) is 12.0 Å². The van der Waals surface area contributed by atoms with Crippen LogP contribution < -0.4 is 5.32 Å². The van der Waals surface area contributed by atoms with Crippen LogP contribution in [0.15, 0.2) is 12.4 Å². The van der Waals surface area contributed by atoms with Gasteiger partial charge in [-0.2, -0.15) is 5.10 Å². The van der Waals surface area contributed by atoms with Gasteiger partial charge in [0.2, 0.25) is 5.91 Å². The van der Waals surface area contributed by atoms with Crippen molar-refractivity contribution in [1.82, 2.24) is 15.1 Å². The monoisotopic (exact) mass is 209 g/mol. The predicted molar refractivity (Wildman–Crippen MR) is 59.5 cm³/mol. The molecule has 0 saturated carbocycles. The van der Waals surface area contributed by atoms with Crippen molar-refractivity contribution in [2.45, 2.75) is 46.2 Å². The van der Waals surface area contributed by atoms with Crippen molar-refractivity contribution in [2.75, 3.05) is 0 Å². The lowest BCUT2D eigenvalue weighted by Gasteiger charge is -2.10.